The molecule has 0 saturated carbocycles. The Hall–Kier alpha value is -0.220. The van der Waals surface area contributed by atoms with Gasteiger partial charge in [-0.05, 0) is 12.1 Å². The lowest BCUT2D eigenvalue weighted by molar-refractivity contribution is 0.609. The normalized spacial score (nSPS) is 11.0. The Balaban J connectivity index is 3.68. The smallest absolute Gasteiger partial charge is 0.207 e. The average Bonchev–Trinajstić information content (AvgIpc) is 2.01. The van der Waals surface area contributed by atoms with E-state index >= 15 is 0 Å². The molecule has 1 rings (SSSR count). The van der Waals surface area contributed by atoms with Crippen molar-refractivity contribution in [1.82, 2.24) is 0 Å². The van der Waals surface area contributed by atoms with E-state index in [2.05, 4.69) is 28.6 Å². The third-order valence-electron chi connectivity index (χ3n) is 1.42. The molecule has 1 aromatic rings. The SMILES string of the molecule is N#Cc1c(S)cc(Br)cc1S(=O)(=O)Cl. The van der Waals surface area contributed by atoms with Gasteiger partial charge in [0.2, 0.25) is 0 Å². The molecule has 0 spiro atoms. The molecule has 0 aromatic heterocycles. The van der Waals surface area contributed by atoms with Gasteiger partial charge in [0.05, 0.1) is 5.56 Å². The molecular weight excluding hydrogens is 310 g/mol. The Morgan fingerprint density at radius 1 is 1.50 bits per heavy atom. The molecule has 0 radical (unpaired) electrons. The zero-order valence-electron chi connectivity index (χ0n) is 6.53. The molecule has 1 aromatic carbocycles. The summed E-state index contributed by atoms with van der Waals surface area (Å²) in [6.45, 7) is 0. The highest BCUT2D eigenvalue weighted by Gasteiger charge is 2.18. The summed E-state index contributed by atoms with van der Waals surface area (Å²) in [6, 6.07) is 4.52. The van der Waals surface area contributed by atoms with Crippen molar-refractivity contribution >= 4 is 48.3 Å². The van der Waals surface area contributed by atoms with E-state index in [1.165, 1.54) is 12.1 Å². The molecule has 0 amide bonds. The fourth-order valence-electron chi connectivity index (χ4n) is 0.873. The maximum absolute atomic E-state index is 11.1. The van der Waals surface area contributed by atoms with E-state index in [-0.39, 0.29) is 15.4 Å². The molecule has 0 unspecified atom stereocenters. The summed E-state index contributed by atoms with van der Waals surface area (Å²) in [5, 5.41) is 8.72. The van der Waals surface area contributed by atoms with Gasteiger partial charge in [0.1, 0.15) is 11.0 Å². The molecule has 0 heterocycles. The number of nitrogens with zero attached hydrogens (tertiary/aromatic N) is 1. The molecule has 0 saturated heterocycles. The Bertz CT molecular complexity index is 521. The van der Waals surface area contributed by atoms with Gasteiger partial charge in [0, 0.05) is 20.1 Å². The lowest BCUT2D eigenvalue weighted by Gasteiger charge is -2.03. The summed E-state index contributed by atoms with van der Waals surface area (Å²) in [7, 11) is 1.23. The van der Waals surface area contributed by atoms with Crippen LogP contribution in [-0.2, 0) is 9.05 Å². The third-order valence-corrected chi connectivity index (χ3v) is 3.58. The van der Waals surface area contributed by atoms with Gasteiger partial charge in [-0.25, -0.2) is 8.42 Å². The van der Waals surface area contributed by atoms with Crippen molar-refractivity contribution in [2.75, 3.05) is 0 Å². The molecule has 0 atom stereocenters. The minimum atomic E-state index is -3.92. The highest BCUT2D eigenvalue weighted by atomic mass is 79.9. The fourth-order valence-corrected chi connectivity index (χ4v) is 3.08. The van der Waals surface area contributed by atoms with Gasteiger partial charge >= 0.3 is 0 Å². The van der Waals surface area contributed by atoms with Gasteiger partial charge in [-0.3, -0.25) is 0 Å². The highest BCUT2D eigenvalue weighted by Crippen LogP contribution is 2.28. The van der Waals surface area contributed by atoms with E-state index in [0.29, 0.717) is 4.47 Å². The average molecular weight is 313 g/mol. The van der Waals surface area contributed by atoms with E-state index in [1.54, 1.807) is 6.07 Å². The quantitative estimate of drug-likeness (QED) is 0.640. The van der Waals surface area contributed by atoms with E-state index < -0.39 is 9.05 Å². The highest BCUT2D eigenvalue weighted by molar-refractivity contribution is 9.10. The second-order valence-electron chi connectivity index (χ2n) is 2.35. The molecule has 0 aliphatic rings. The maximum atomic E-state index is 11.1. The van der Waals surface area contributed by atoms with Crippen LogP contribution in [0.15, 0.2) is 26.4 Å². The van der Waals surface area contributed by atoms with Crippen LogP contribution >= 0.6 is 39.2 Å². The van der Waals surface area contributed by atoms with Crippen molar-refractivity contribution in [2.24, 2.45) is 0 Å². The standard InChI is InChI=1S/C7H3BrClNO2S2/c8-4-1-6(13)5(3-10)7(2-4)14(9,11)12/h1-2,13H. The van der Waals surface area contributed by atoms with Crippen LogP contribution in [0.4, 0.5) is 0 Å². The minimum absolute atomic E-state index is 0.0495. The summed E-state index contributed by atoms with van der Waals surface area (Å²) in [5.41, 5.74) is -0.0495. The first-order chi connectivity index (χ1) is 6.36. The summed E-state index contributed by atoms with van der Waals surface area (Å²) < 4.78 is 22.7. The van der Waals surface area contributed by atoms with E-state index in [4.69, 9.17) is 15.9 Å². The van der Waals surface area contributed by atoms with Crippen molar-refractivity contribution in [1.29, 1.82) is 5.26 Å². The lowest BCUT2D eigenvalue weighted by Crippen LogP contribution is -1.96. The number of thiol groups is 1. The van der Waals surface area contributed by atoms with Crippen LogP contribution in [0.1, 0.15) is 5.56 Å². The Morgan fingerprint density at radius 3 is 2.50 bits per heavy atom. The fraction of sp³-hybridized carbons (Fsp3) is 0. The Kier molecular flexibility index (Phi) is 3.48. The maximum Gasteiger partial charge on any atom is 0.262 e. The van der Waals surface area contributed by atoms with Crippen molar-refractivity contribution < 1.29 is 8.42 Å². The second kappa shape index (κ2) is 4.11. The number of nitriles is 1. The molecule has 0 aliphatic heterocycles. The van der Waals surface area contributed by atoms with Crippen LogP contribution in [0.25, 0.3) is 0 Å². The van der Waals surface area contributed by atoms with Gasteiger partial charge in [-0.15, -0.1) is 12.6 Å². The molecule has 0 aliphatic carbocycles. The van der Waals surface area contributed by atoms with Gasteiger partial charge in [-0.2, -0.15) is 5.26 Å². The molecule has 7 heteroatoms. The van der Waals surface area contributed by atoms with E-state index in [9.17, 15) is 8.42 Å². The summed E-state index contributed by atoms with van der Waals surface area (Å²) >= 11 is 7.06. The van der Waals surface area contributed by atoms with Crippen LogP contribution in [0.2, 0.25) is 0 Å². The van der Waals surface area contributed by atoms with Crippen molar-refractivity contribution in [2.45, 2.75) is 9.79 Å². The van der Waals surface area contributed by atoms with E-state index in [0.717, 1.165) is 0 Å². The summed E-state index contributed by atoms with van der Waals surface area (Å²) in [6.07, 6.45) is 0. The zero-order chi connectivity index (χ0) is 10.9. The largest absolute Gasteiger partial charge is 0.262 e. The van der Waals surface area contributed by atoms with Crippen LogP contribution in [0, 0.1) is 11.3 Å². The number of benzene rings is 1. The first kappa shape index (κ1) is 11.9. The van der Waals surface area contributed by atoms with Crippen LogP contribution in [0.5, 0.6) is 0 Å². The van der Waals surface area contributed by atoms with Crippen LogP contribution < -0.4 is 0 Å². The third kappa shape index (κ3) is 2.42. The molecular formula is C7H3BrClNO2S2. The van der Waals surface area contributed by atoms with Gasteiger partial charge in [0.15, 0.2) is 0 Å². The predicted molar refractivity (Wildman–Crippen MR) is 59.1 cm³/mol. The second-order valence-corrected chi connectivity index (χ2v) is 6.28. The molecule has 14 heavy (non-hydrogen) atoms. The van der Waals surface area contributed by atoms with Crippen molar-refractivity contribution in [3.63, 3.8) is 0 Å². The van der Waals surface area contributed by atoms with Crippen molar-refractivity contribution in [3.05, 3.63) is 22.2 Å². The molecule has 0 N–H and O–H groups in total. The molecule has 74 valence electrons. The Labute approximate surface area is 99.6 Å². The summed E-state index contributed by atoms with van der Waals surface area (Å²) in [5.74, 6) is 0. The van der Waals surface area contributed by atoms with Gasteiger partial charge in [0.25, 0.3) is 9.05 Å². The van der Waals surface area contributed by atoms with E-state index in [1.807, 2.05) is 0 Å². The molecule has 0 fully saturated rings. The monoisotopic (exact) mass is 311 g/mol. The van der Waals surface area contributed by atoms with Crippen LogP contribution in [0.3, 0.4) is 0 Å². The first-order valence-electron chi connectivity index (χ1n) is 3.23. The number of hydrogen-bond donors (Lipinski definition) is 1. The molecule has 3 nitrogen and oxygen atoms in total. The minimum Gasteiger partial charge on any atom is -0.207 e. The first-order valence-corrected chi connectivity index (χ1v) is 6.78. The van der Waals surface area contributed by atoms with Gasteiger partial charge in [-0.1, -0.05) is 15.9 Å². The predicted octanol–water partition coefficient (Wildman–Crippen LogP) is 2.54. The zero-order valence-corrected chi connectivity index (χ0v) is 10.6. The lowest BCUT2D eigenvalue weighted by atomic mass is 10.2. The molecule has 0 bridgehead atoms. The number of rotatable bonds is 1. The summed E-state index contributed by atoms with van der Waals surface area (Å²) in [4.78, 5) is 0.0298. The topological polar surface area (TPSA) is 57.9 Å². The number of halogens is 2. The number of hydrogen-bond acceptors (Lipinski definition) is 4. The Morgan fingerprint density at radius 2 is 2.07 bits per heavy atom. The van der Waals surface area contributed by atoms with Crippen LogP contribution in [-0.4, -0.2) is 8.42 Å². The van der Waals surface area contributed by atoms with Gasteiger partial charge < -0.3 is 0 Å². The van der Waals surface area contributed by atoms with Crippen molar-refractivity contribution in [3.8, 4) is 6.07 Å².